The van der Waals surface area contributed by atoms with Crippen LogP contribution in [0.2, 0.25) is 0 Å². The van der Waals surface area contributed by atoms with Crippen LogP contribution in [0.15, 0.2) is 12.1 Å². The molecule has 0 fully saturated rings. The van der Waals surface area contributed by atoms with Crippen LogP contribution in [0.4, 0.5) is 5.69 Å². The van der Waals surface area contributed by atoms with Gasteiger partial charge in [0.05, 0.1) is 19.9 Å². The molecule has 2 rings (SSSR count). The molecule has 0 unspecified atom stereocenters. The monoisotopic (exact) mass is 193 g/mol. The van der Waals surface area contributed by atoms with Crippen LogP contribution in [0.3, 0.4) is 0 Å². The maximum Gasteiger partial charge on any atom is 0.294 e. The fourth-order valence-electron chi connectivity index (χ4n) is 1.33. The average molecular weight is 193 g/mol. The Kier molecular flexibility index (Phi) is 1.92. The van der Waals surface area contributed by atoms with Gasteiger partial charge in [0, 0.05) is 0 Å². The third kappa shape index (κ3) is 1.14. The number of methoxy groups -OCH3 is 2. The lowest BCUT2D eigenvalue weighted by Gasteiger charge is -2.01. The van der Waals surface area contributed by atoms with Gasteiger partial charge in [-0.1, -0.05) is 0 Å². The Morgan fingerprint density at radius 2 is 2.07 bits per heavy atom. The molecule has 5 heteroatoms. The second kappa shape index (κ2) is 3.10. The lowest BCUT2D eigenvalue weighted by atomic mass is 10.2. The predicted molar refractivity (Wildman–Crippen MR) is 53.6 cm³/mol. The summed E-state index contributed by atoms with van der Waals surface area (Å²) in [6.07, 6.45) is 0. The standard InChI is InChI=1S/C9H11N3O2/c1-13-6-4-3-5(10)7-8(6)12-9(11-7)14-2/h3-4H,10H2,1-2H3,(H,11,12). The van der Waals surface area contributed by atoms with Crippen LogP contribution < -0.4 is 15.2 Å². The first-order chi connectivity index (χ1) is 6.76. The number of ether oxygens (including phenoxy) is 2. The van der Waals surface area contributed by atoms with Gasteiger partial charge in [0.25, 0.3) is 6.01 Å². The molecule has 0 amide bonds. The SMILES string of the molecule is COc1nc2c(N)ccc(OC)c2[nH]1. The minimum absolute atomic E-state index is 0.427. The summed E-state index contributed by atoms with van der Waals surface area (Å²) in [5.41, 5.74) is 7.77. The molecule has 0 atom stereocenters. The number of H-pyrrole nitrogens is 1. The largest absolute Gasteiger partial charge is 0.494 e. The fraction of sp³-hybridized carbons (Fsp3) is 0.222. The Labute approximate surface area is 80.8 Å². The molecule has 0 bridgehead atoms. The van der Waals surface area contributed by atoms with Crippen molar-refractivity contribution in [3.8, 4) is 11.8 Å². The molecule has 0 aliphatic heterocycles. The Morgan fingerprint density at radius 3 is 2.71 bits per heavy atom. The number of nitrogens with two attached hydrogens (primary N) is 1. The minimum atomic E-state index is 0.427. The molecule has 74 valence electrons. The molecular formula is C9H11N3O2. The van der Waals surface area contributed by atoms with E-state index in [1.807, 2.05) is 0 Å². The van der Waals surface area contributed by atoms with E-state index in [0.717, 1.165) is 5.52 Å². The lowest BCUT2D eigenvalue weighted by molar-refractivity contribution is 0.385. The normalized spacial score (nSPS) is 10.4. The van der Waals surface area contributed by atoms with E-state index in [1.165, 1.54) is 0 Å². The summed E-state index contributed by atoms with van der Waals surface area (Å²) in [6.45, 7) is 0. The molecular weight excluding hydrogens is 182 g/mol. The minimum Gasteiger partial charge on any atom is -0.494 e. The summed E-state index contributed by atoms with van der Waals surface area (Å²) < 4.78 is 10.1. The third-order valence-corrected chi connectivity index (χ3v) is 2.03. The van der Waals surface area contributed by atoms with Crippen LogP contribution in [0, 0.1) is 0 Å². The number of aromatic amines is 1. The molecule has 2 aromatic rings. The van der Waals surface area contributed by atoms with Crippen molar-refractivity contribution in [3.05, 3.63) is 12.1 Å². The molecule has 0 saturated carbocycles. The van der Waals surface area contributed by atoms with Crippen LogP contribution in [-0.2, 0) is 0 Å². The van der Waals surface area contributed by atoms with Crippen LogP contribution in [0.5, 0.6) is 11.8 Å². The van der Waals surface area contributed by atoms with E-state index >= 15 is 0 Å². The molecule has 1 aromatic heterocycles. The topological polar surface area (TPSA) is 73.2 Å². The number of imidazole rings is 1. The molecule has 14 heavy (non-hydrogen) atoms. The van der Waals surface area contributed by atoms with Crippen molar-refractivity contribution in [2.45, 2.75) is 0 Å². The fourth-order valence-corrected chi connectivity index (χ4v) is 1.33. The Hall–Kier alpha value is -1.91. The van der Waals surface area contributed by atoms with Gasteiger partial charge < -0.3 is 20.2 Å². The quantitative estimate of drug-likeness (QED) is 0.702. The number of hydrogen-bond acceptors (Lipinski definition) is 4. The summed E-state index contributed by atoms with van der Waals surface area (Å²) in [4.78, 5) is 7.12. The zero-order chi connectivity index (χ0) is 10.1. The van der Waals surface area contributed by atoms with Gasteiger partial charge in [-0.05, 0) is 12.1 Å². The Balaban J connectivity index is 2.74. The van der Waals surface area contributed by atoms with Crippen molar-refractivity contribution >= 4 is 16.7 Å². The van der Waals surface area contributed by atoms with Crippen molar-refractivity contribution in [2.24, 2.45) is 0 Å². The van der Waals surface area contributed by atoms with Gasteiger partial charge in [0.15, 0.2) is 0 Å². The van der Waals surface area contributed by atoms with Crippen LogP contribution in [-0.4, -0.2) is 24.2 Å². The lowest BCUT2D eigenvalue weighted by Crippen LogP contribution is -1.89. The highest BCUT2D eigenvalue weighted by Gasteiger charge is 2.10. The van der Waals surface area contributed by atoms with E-state index in [4.69, 9.17) is 15.2 Å². The molecule has 0 radical (unpaired) electrons. The van der Waals surface area contributed by atoms with Crippen molar-refractivity contribution in [3.63, 3.8) is 0 Å². The molecule has 0 spiro atoms. The average Bonchev–Trinajstić information content (AvgIpc) is 2.63. The second-order valence-corrected chi connectivity index (χ2v) is 2.83. The van der Waals surface area contributed by atoms with Gasteiger partial charge in [-0.3, -0.25) is 0 Å². The number of rotatable bonds is 2. The summed E-state index contributed by atoms with van der Waals surface area (Å²) in [6, 6.07) is 3.97. The molecule has 1 heterocycles. The summed E-state index contributed by atoms with van der Waals surface area (Å²) >= 11 is 0. The molecule has 1 aromatic carbocycles. The first-order valence-corrected chi connectivity index (χ1v) is 4.12. The summed E-state index contributed by atoms with van der Waals surface area (Å²) in [7, 11) is 3.14. The van der Waals surface area contributed by atoms with E-state index in [1.54, 1.807) is 26.4 Å². The highest BCUT2D eigenvalue weighted by Crippen LogP contribution is 2.29. The first-order valence-electron chi connectivity index (χ1n) is 4.12. The molecule has 5 nitrogen and oxygen atoms in total. The van der Waals surface area contributed by atoms with E-state index in [9.17, 15) is 0 Å². The zero-order valence-electron chi connectivity index (χ0n) is 8.00. The van der Waals surface area contributed by atoms with E-state index < -0.39 is 0 Å². The Morgan fingerprint density at radius 1 is 1.29 bits per heavy atom. The van der Waals surface area contributed by atoms with Gasteiger partial charge in [-0.2, -0.15) is 4.98 Å². The van der Waals surface area contributed by atoms with Gasteiger partial charge in [0.1, 0.15) is 16.8 Å². The molecule has 3 N–H and O–H groups in total. The number of benzene rings is 1. The molecule has 0 aliphatic rings. The number of nitrogens with one attached hydrogen (secondary N) is 1. The van der Waals surface area contributed by atoms with Gasteiger partial charge >= 0.3 is 0 Å². The van der Waals surface area contributed by atoms with Crippen molar-refractivity contribution in [1.29, 1.82) is 0 Å². The highest BCUT2D eigenvalue weighted by atomic mass is 16.5. The predicted octanol–water partition coefficient (Wildman–Crippen LogP) is 1.16. The second-order valence-electron chi connectivity index (χ2n) is 2.83. The summed E-state index contributed by atoms with van der Waals surface area (Å²) in [5.74, 6) is 0.699. The number of hydrogen-bond donors (Lipinski definition) is 2. The summed E-state index contributed by atoms with van der Waals surface area (Å²) in [5, 5.41) is 0. The maximum atomic E-state index is 5.75. The van der Waals surface area contributed by atoms with Crippen LogP contribution in [0.25, 0.3) is 11.0 Å². The number of anilines is 1. The van der Waals surface area contributed by atoms with Crippen molar-refractivity contribution in [2.75, 3.05) is 20.0 Å². The third-order valence-electron chi connectivity index (χ3n) is 2.03. The zero-order valence-corrected chi connectivity index (χ0v) is 8.00. The van der Waals surface area contributed by atoms with Gasteiger partial charge in [-0.25, -0.2) is 0 Å². The number of fused-ring (bicyclic) bond motifs is 1. The molecule has 0 aliphatic carbocycles. The van der Waals surface area contributed by atoms with Gasteiger partial charge in [-0.15, -0.1) is 0 Å². The Bertz CT molecular complexity index is 464. The smallest absolute Gasteiger partial charge is 0.294 e. The van der Waals surface area contributed by atoms with E-state index in [2.05, 4.69) is 9.97 Å². The van der Waals surface area contributed by atoms with E-state index in [-0.39, 0.29) is 0 Å². The number of nitrogen functional groups attached to an aromatic ring is 1. The van der Waals surface area contributed by atoms with Crippen LogP contribution >= 0.6 is 0 Å². The van der Waals surface area contributed by atoms with Gasteiger partial charge in [0.2, 0.25) is 0 Å². The number of nitrogens with zero attached hydrogens (tertiary/aromatic N) is 1. The van der Waals surface area contributed by atoms with Crippen molar-refractivity contribution in [1.82, 2.24) is 9.97 Å². The van der Waals surface area contributed by atoms with E-state index in [0.29, 0.717) is 23.0 Å². The number of aromatic nitrogens is 2. The maximum absolute atomic E-state index is 5.75. The first kappa shape index (κ1) is 8.68. The van der Waals surface area contributed by atoms with Crippen molar-refractivity contribution < 1.29 is 9.47 Å². The van der Waals surface area contributed by atoms with Crippen LogP contribution in [0.1, 0.15) is 0 Å². The molecule has 0 saturated heterocycles. The highest BCUT2D eigenvalue weighted by molar-refractivity contribution is 5.92.